The number of aliphatic hydroxyl groups excluding tert-OH is 1. The van der Waals surface area contributed by atoms with Gasteiger partial charge in [-0.2, -0.15) is 0 Å². The molecule has 2 aromatic carbocycles. The van der Waals surface area contributed by atoms with Crippen molar-refractivity contribution in [2.24, 2.45) is 11.5 Å². The van der Waals surface area contributed by atoms with Crippen molar-refractivity contribution in [1.82, 2.24) is 5.32 Å². The lowest BCUT2D eigenvalue weighted by molar-refractivity contribution is -0.220. The molecule has 1 heterocycles. The zero-order valence-electron chi connectivity index (χ0n) is 26.2. The molecule has 0 bridgehead atoms. The maximum atomic E-state index is 13.8. The largest absolute Gasteiger partial charge is 0.453 e. The lowest BCUT2D eigenvalue weighted by Crippen LogP contribution is -2.62. The number of nitrogens with one attached hydrogen (secondary N) is 1. The highest BCUT2D eigenvalue weighted by atomic mass is 35.5. The molecule has 0 unspecified atom stereocenters. The van der Waals surface area contributed by atoms with Crippen LogP contribution in [0.25, 0.3) is 0 Å². The minimum atomic E-state index is -2.85. The summed E-state index contributed by atoms with van der Waals surface area (Å²) in [6, 6.07) is 11.7. The molecule has 13 heteroatoms. The molecule has 6 N–H and O–H groups in total. The summed E-state index contributed by atoms with van der Waals surface area (Å²) in [6.07, 6.45) is -0.263. The van der Waals surface area contributed by atoms with Crippen LogP contribution < -0.4 is 26.3 Å². The Labute approximate surface area is 267 Å². The molecular formula is C32H42ClN3O9. The normalized spacial score (nSPS) is 15.2. The lowest BCUT2D eigenvalue weighted by Gasteiger charge is -2.34. The van der Waals surface area contributed by atoms with E-state index in [1.165, 1.54) is 6.07 Å². The van der Waals surface area contributed by atoms with E-state index in [1.807, 2.05) is 6.92 Å². The number of fused-ring (bicyclic) bond motifs is 1. The van der Waals surface area contributed by atoms with Crippen molar-refractivity contribution in [2.45, 2.75) is 95.9 Å². The standard InChI is InChI=1S/C32H42ClN3O9/c1-6-30(7-2,26(34)38)44-28(40)32(29(41)45-31(8-3,9-4)27(35)39)42-24-14-13-20(16-25(24)43-32)15-19(5)36-18-23(37)21-11-10-12-22(33)17-21/h10-14,16-17,19,23,36-37H,6-9,15,18H2,1-5H3,(H2,34,38)(H2,35,39)/t19-,23+/m1/s1. The van der Waals surface area contributed by atoms with Crippen LogP contribution in [-0.2, 0) is 35.1 Å². The predicted octanol–water partition coefficient (Wildman–Crippen LogP) is 3.24. The lowest BCUT2D eigenvalue weighted by atomic mass is 9.95. The van der Waals surface area contributed by atoms with Gasteiger partial charge in [-0.1, -0.05) is 57.5 Å². The molecular weight excluding hydrogens is 606 g/mol. The second-order valence-electron chi connectivity index (χ2n) is 11.1. The Morgan fingerprint density at radius 3 is 1.91 bits per heavy atom. The minimum absolute atomic E-state index is 0.0127. The van der Waals surface area contributed by atoms with E-state index in [2.05, 4.69) is 5.32 Å². The molecule has 3 rings (SSSR count). The molecule has 246 valence electrons. The van der Waals surface area contributed by atoms with Crippen LogP contribution >= 0.6 is 11.6 Å². The van der Waals surface area contributed by atoms with Crippen molar-refractivity contribution >= 4 is 35.4 Å². The Morgan fingerprint density at radius 1 is 0.889 bits per heavy atom. The van der Waals surface area contributed by atoms with Gasteiger partial charge in [-0.3, -0.25) is 9.59 Å². The fraction of sp³-hybridized carbons (Fsp3) is 0.500. The molecule has 0 spiro atoms. The highest BCUT2D eigenvalue weighted by Crippen LogP contribution is 2.43. The molecule has 2 atom stereocenters. The van der Waals surface area contributed by atoms with Crippen LogP contribution in [0.3, 0.4) is 0 Å². The summed E-state index contributed by atoms with van der Waals surface area (Å²) in [4.78, 5) is 52.2. The summed E-state index contributed by atoms with van der Waals surface area (Å²) in [6.45, 7) is 8.57. The first-order valence-corrected chi connectivity index (χ1v) is 15.3. The van der Waals surface area contributed by atoms with E-state index in [4.69, 9.17) is 42.0 Å². The molecule has 0 fully saturated rings. The van der Waals surface area contributed by atoms with E-state index >= 15 is 0 Å². The zero-order chi connectivity index (χ0) is 33.6. The molecule has 2 amide bonds. The van der Waals surface area contributed by atoms with Crippen LogP contribution in [0.15, 0.2) is 42.5 Å². The molecule has 0 aromatic heterocycles. The average Bonchev–Trinajstić information content (AvgIpc) is 3.41. The number of ether oxygens (including phenoxy) is 4. The van der Waals surface area contributed by atoms with Gasteiger partial charge in [0, 0.05) is 17.6 Å². The number of carbonyl (C=O) groups excluding carboxylic acids is 4. The highest BCUT2D eigenvalue weighted by Gasteiger charge is 2.63. The maximum Gasteiger partial charge on any atom is 0.453 e. The fourth-order valence-electron chi connectivity index (χ4n) is 5.07. The van der Waals surface area contributed by atoms with Crippen LogP contribution in [0.5, 0.6) is 11.5 Å². The third kappa shape index (κ3) is 7.51. The van der Waals surface area contributed by atoms with E-state index in [0.29, 0.717) is 17.0 Å². The third-order valence-corrected chi connectivity index (χ3v) is 8.48. The van der Waals surface area contributed by atoms with E-state index in [9.17, 15) is 24.3 Å². The van der Waals surface area contributed by atoms with Crippen LogP contribution in [0.4, 0.5) is 0 Å². The minimum Gasteiger partial charge on any atom is -0.443 e. The summed E-state index contributed by atoms with van der Waals surface area (Å²) in [5.74, 6) is -7.37. The van der Waals surface area contributed by atoms with E-state index < -0.39 is 46.8 Å². The van der Waals surface area contributed by atoms with Gasteiger partial charge in [0.2, 0.25) is 0 Å². The van der Waals surface area contributed by atoms with Crippen molar-refractivity contribution in [1.29, 1.82) is 0 Å². The van der Waals surface area contributed by atoms with Gasteiger partial charge < -0.3 is 40.8 Å². The number of primary amides is 2. The predicted molar refractivity (Wildman–Crippen MR) is 165 cm³/mol. The van der Waals surface area contributed by atoms with Gasteiger partial charge in [-0.15, -0.1) is 0 Å². The molecule has 45 heavy (non-hydrogen) atoms. The van der Waals surface area contributed by atoms with E-state index in [0.717, 1.165) is 5.56 Å². The molecule has 2 aromatic rings. The quantitative estimate of drug-likeness (QED) is 0.155. The smallest absolute Gasteiger partial charge is 0.443 e. The van der Waals surface area contributed by atoms with Crippen molar-refractivity contribution in [3.05, 3.63) is 58.6 Å². The number of hydrogen-bond acceptors (Lipinski definition) is 10. The zero-order valence-corrected chi connectivity index (χ0v) is 26.9. The molecule has 0 radical (unpaired) electrons. The summed E-state index contributed by atoms with van der Waals surface area (Å²) < 4.78 is 22.8. The van der Waals surface area contributed by atoms with Crippen LogP contribution in [0.1, 0.15) is 77.5 Å². The van der Waals surface area contributed by atoms with Gasteiger partial charge in [0.25, 0.3) is 11.8 Å². The van der Waals surface area contributed by atoms with Gasteiger partial charge in [-0.05, 0) is 74.4 Å². The molecule has 0 aliphatic carbocycles. The number of amides is 2. The average molecular weight is 648 g/mol. The van der Waals surface area contributed by atoms with Crippen molar-refractivity contribution in [2.75, 3.05) is 6.54 Å². The monoisotopic (exact) mass is 647 g/mol. The number of rotatable bonds is 16. The number of benzene rings is 2. The highest BCUT2D eigenvalue weighted by molar-refractivity contribution is 6.30. The summed E-state index contributed by atoms with van der Waals surface area (Å²) in [5, 5.41) is 14.3. The van der Waals surface area contributed by atoms with Crippen LogP contribution in [0.2, 0.25) is 5.02 Å². The molecule has 0 saturated carbocycles. The molecule has 12 nitrogen and oxygen atoms in total. The van der Waals surface area contributed by atoms with Crippen molar-refractivity contribution < 1.29 is 43.2 Å². The first-order chi connectivity index (χ1) is 21.2. The first-order valence-electron chi connectivity index (χ1n) is 15.0. The Bertz CT molecular complexity index is 1360. The van der Waals surface area contributed by atoms with Gasteiger partial charge in [0.1, 0.15) is 0 Å². The van der Waals surface area contributed by atoms with E-state index in [-0.39, 0.29) is 49.8 Å². The van der Waals surface area contributed by atoms with E-state index in [1.54, 1.807) is 64.1 Å². The summed E-state index contributed by atoms with van der Waals surface area (Å²) >= 11 is 6.03. The number of aliphatic hydroxyl groups is 1. The maximum absolute atomic E-state index is 13.8. The summed E-state index contributed by atoms with van der Waals surface area (Å²) in [5.41, 5.74) is 9.05. The number of hydrogen-bond donors (Lipinski definition) is 4. The SMILES string of the molecule is CCC(CC)(OC(=O)C1(C(=O)OC(CC)(CC)C(N)=O)Oc2ccc(C[C@@H](C)NC[C@H](O)c3cccc(Cl)c3)cc2O1)C(N)=O. The topological polar surface area (TPSA) is 190 Å². The summed E-state index contributed by atoms with van der Waals surface area (Å²) in [7, 11) is 0. The number of nitrogens with two attached hydrogens (primary N) is 2. The molecule has 0 saturated heterocycles. The third-order valence-electron chi connectivity index (χ3n) is 8.25. The van der Waals surface area contributed by atoms with Crippen molar-refractivity contribution in [3.63, 3.8) is 0 Å². The second-order valence-corrected chi connectivity index (χ2v) is 11.5. The van der Waals surface area contributed by atoms with Gasteiger partial charge in [0.05, 0.1) is 6.10 Å². The Hall–Kier alpha value is -3.87. The van der Waals surface area contributed by atoms with Gasteiger partial charge >= 0.3 is 17.7 Å². The van der Waals surface area contributed by atoms with Gasteiger partial charge in [0.15, 0.2) is 22.7 Å². The Morgan fingerprint density at radius 2 is 1.42 bits per heavy atom. The number of halogens is 1. The first kappa shape index (κ1) is 35.6. The number of esters is 2. The molecule has 1 aliphatic heterocycles. The Balaban J connectivity index is 1.87. The molecule has 1 aliphatic rings. The number of carbonyl (C=O) groups is 4. The fourth-order valence-corrected chi connectivity index (χ4v) is 5.27. The van der Waals surface area contributed by atoms with Crippen LogP contribution in [0, 0.1) is 0 Å². The van der Waals surface area contributed by atoms with Crippen molar-refractivity contribution in [3.8, 4) is 11.5 Å². The Kier molecular flexibility index (Phi) is 11.5. The van der Waals surface area contributed by atoms with Gasteiger partial charge in [-0.25, -0.2) is 9.59 Å². The van der Waals surface area contributed by atoms with Crippen LogP contribution in [-0.4, -0.2) is 58.4 Å². The second kappa shape index (κ2) is 14.5.